The topological polar surface area (TPSA) is 40.5 Å². The maximum Gasteiger partial charge on any atom is 0.119 e. The molecule has 1 unspecified atom stereocenters. The highest BCUT2D eigenvalue weighted by atomic mass is 32.1. The smallest absolute Gasteiger partial charge is 0.119 e. The van der Waals surface area contributed by atoms with E-state index in [-0.39, 0.29) is 27.6 Å². The second kappa shape index (κ2) is 10.4. The van der Waals surface area contributed by atoms with Crippen LogP contribution in [0.3, 0.4) is 0 Å². The molecule has 0 radical (unpaired) electrons. The molecule has 3 heteroatoms. The standard InChI is InChI=1S/C37H46O2S/c1-34(2,3)30-22-28(15-17-32(30)39)37(9,10)26-13-11-12-25(20-26)36(7,8)27-14-16-31(38)29(21-27)33(35(4,5)6)24-18-19-40-23-24/h11-23,33,38-39H,1-10H3. The summed E-state index contributed by atoms with van der Waals surface area (Å²) in [4.78, 5) is 0. The van der Waals surface area contributed by atoms with E-state index in [9.17, 15) is 10.2 Å². The first kappa shape index (κ1) is 29.9. The van der Waals surface area contributed by atoms with Gasteiger partial charge in [0.2, 0.25) is 0 Å². The molecule has 0 fully saturated rings. The van der Waals surface area contributed by atoms with Gasteiger partial charge in [-0.15, -0.1) is 0 Å². The highest BCUT2D eigenvalue weighted by Gasteiger charge is 2.33. The van der Waals surface area contributed by atoms with Crippen molar-refractivity contribution < 1.29 is 10.2 Å². The summed E-state index contributed by atoms with van der Waals surface area (Å²) in [5.41, 5.74) is 7.27. The normalized spacial score (nSPS) is 13.8. The van der Waals surface area contributed by atoms with Gasteiger partial charge in [-0.05, 0) is 73.2 Å². The fraction of sp³-hybridized carbons (Fsp3) is 0.405. The van der Waals surface area contributed by atoms with E-state index in [0.29, 0.717) is 11.5 Å². The molecule has 1 heterocycles. The Labute approximate surface area is 245 Å². The van der Waals surface area contributed by atoms with Gasteiger partial charge in [-0.1, -0.05) is 118 Å². The van der Waals surface area contributed by atoms with E-state index in [2.05, 4.69) is 129 Å². The van der Waals surface area contributed by atoms with Crippen LogP contribution in [0.15, 0.2) is 77.5 Å². The third-order valence-electron chi connectivity index (χ3n) is 8.63. The van der Waals surface area contributed by atoms with Gasteiger partial charge in [0.1, 0.15) is 11.5 Å². The first-order valence-corrected chi connectivity index (χ1v) is 15.2. The molecule has 0 bridgehead atoms. The Kier molecular flexibility index (Phi) is 7.79. The average Bonchev–Trinajstić information content (AvgIpc) is 3.38. The monoisotopic (exact) mass is 554 g/mol. The van der Waals surface area contributed by atoms with Gasteiger partial charge in [-0.25, -0.2) is 0 Å². The lowest BCUT2D eigenvalue weighted by molar-refractivity contribution is 0.347. The molecular weight excluding hydrogens is 508 g/mol. The van der Waals surface area contributed by atoms with Crippen LogP contribution in [-0.2, 0) is 16.2 Å². The van der Waals surface area contributed by atoms with Crippen LogP contribution in [0.1, 0.15) is 114 Å². The highest BCUT2D eigenvalue weighted by Crippen LogP contribution is 2.46. The van der Waals surface area contributed by atoms with Crippen molar-refractivity contribution in [1.82, 2.24) is 0 Å². The van der Waals surface area contributed by atoms with Crippen molar-refractivity contribution in [2.45, 2.75) is 91.4 Å². The van der Waals surface area contributed by atoms with Gasteiger partial charge in [-0.2, -0.15) is 11.3 Å². The van der Waals surface area contributed by atoms with Crippen LogP contribution in [0.5, 0.6) is 11.5 Å². The van der Waals surface area contributed by atoms with Crippen LogP contribution in [0.4, 0.5) is 0 Å². The van der Waals surface area contributed by atoms with Crippen LogP contribution in [0, 0.1) is 5.41 Å². The summed E-state index contributed by atoms with van der Waals surface area (Å²) < 4.78 is 0. The molecule has 4 aromatic rings. The van der Waals surface area contributed by atoms with Crippen molar-refractivity contribution >= 4 is 11.3 Å². The summed E-state index contributed by atoms with van der Waals surface area (Å²) in [5, 5.41) is 25.9. The Bertz CT molecular complexity index is 1480. The van der Waals surface area contributed by atoms with Crippen molar-refractivity contribution in [2.24, 2.45) is 5.41 Å². The predicted molar refractivity (Wildman–Crippen MR) is 171 cm³/mol. The summed E-state index contributed by atoms with van der Waals surface area (Å²) in [6.07, 6.45) is 0. The van der Waals surface area contributed by atoms with Crippen LogP contribution < -0.4 is 0 Å². The molecule has 1 atom stereocenters. The van der Waals surface area contributed by atoms with Crippen molar-refractivity contribution in [3.63, 3.8) is 0 Å². The first-order chi connectivity index (χ1) is 18.4. The van der Waals surface area contributed by atoms with Gasteiger partial charge in [0.05, 0.1) is 0 Å². The first-order valence-electron chi connectivity index (χ1n) is 14.2. The second-order valence-corrected chi connectivity index (χ2v) is 15.2. The molecule has 0 aliphatic rings. The number of hydrogen-bond donors (Lipinski definition) is 2. The van der Waals surface area contributed by atoms with Crippen LogP contribution >= 0.6 is 11.3 Å². The average molecular weight is 555 g/mol. The van der Waals surface area contributed by atoms with Crippen LogP contribution in [0.25, 0.3) is 0 Å². The molecule has 0 saturated heterocycles. The van der Waals surface area contributed by atoms with Gasteiger partial charge in [0, 0.05) is 22.3 Å². The molecule has 3 aromatic carbocycles. The fourth-order valence-electron chi connectivity index (χ4n) is 5.92. The van der Waals surface area contributed by atoms with Crippen LogP contribution in [0.2, 0.25) is 0 Å². The van der Waals surface area contributed by atoms with Crippen LogP contribution in [-0.4, -0.2) is 10.2 Å². The molecule has 0 amide bonds. The molecule has 212 valence electrons. The van der Waals surface area contributed by atoms with Gasteiger partial charge in [0.25, 0.3) is 0 Å². The Morgan fingerprint density at radius 1 is 0.600 bits per heavy atom. The molecule has 0 aliphatic carbocycles. The summed E-state index contributed by atoms with van der Waals surface area (Å²) in [6, 6.07) is 23.3. The zero-order valence-electron chi connectivity index (χ0n) is 25.9. The third-order valence-corrected chi connectivity index (χ3v) is 9.34. The molecule has 0 aliphatic heterocycles. The molecular formula is C37H46O2S. The van der Waals surface area contributed by atoms with E-state index in [0.717, 1.165) is 11.1 Å². The Hall–Kier alpha value is -3.04. The zero-order chi connectivity index (χ0) is 29.7. The van der Waals surface area contributed by atoms with Crippen molar-refractivity contribution in [1.29, 1.82) is 0 Å². The lowest BCUT2D eigenvalue weighted by Crippen LogP contribution is -2.24. The molecule has 4 rings (SSSR count). The van der Waals surface area contributed by atoms with Gasteiger partial charge in [-0.3, -0.25) is 0 Å². The fourth-order valence-corrected chi connectivity index (χ4v) is 6.60. The quantitative estimate of drug-likeness (QED) is 0.249. The Balaban J connectivity index is 1.78. The Morgan fingerprint density at radius 2 is 1.12 bits per heavy atom. The predicted octanol–water partition coefficient (Wildman–Crippen LogP) is 10.3. The summed E-state index contributed by atoms with van der Waals surface area (Å²) >= 11 is 1.70. The van der Waals surface area contributed by atoms with E-state index >= 15 is 0 Å². The summed E-state index contributed by atoms with van der Waals surface area (Å²) in [5.74, 6) is 0.787. The van der Waals surface area contributed by atoms with Crippen molar-refractivity contribution in [3.05, 3.63) is 116 Å². The zero-order valence-corrected chi connectivity index (χ0v) is 26.7. The lowest BCUT2D eigenvalue weighted by atomic mass is 9.70. The number of rotatable bonds is 6. The van der Waals surface area contributed by atoms with E-state index in [1.165, 1.54) is 27.8 Å². The van der Waals surface area contributed by atoms with Crippen molar-refractivity contribution in [2.75, 3.05) is 0 Å². The summed E-state index contributed by atoms with van der Waals surface area (Å²) in [7, 11) is 0. The number of thiophene rings is 1. The van der Waals surface area contributed by atoms with E-state index < -0.39 is 0 Å². The highest BCUT2D eigenvalue weighted by molar-refractivity contribution is 7.08. The number of benzene rings is 3. The molecule has 0 saturated carbocycles. The molecule has 1 aromatic heterocycles. The van der Waals surface area contributed by atoms with E-state index in [1.807, 2.05) is 18.2 Å². The maximum absolute atomic E-state index is 11.1. The number of phenols is 2. The van der Waals surface area contributed by atoms with Gasteiger partial charge < -0.3 is 10.2 Å². The largest absolute Gasteiger partial charge is 0.508 e. The number of hydrogen-bond acceptors (Lipinski definition) is 3. The van der Waals surface area contributed by atoms with Crippen molar-refractivity contribution in [3.8, 4) is 11.5 Å². The third kappa shape index (κ3) is 5.72. The minimum absolute atomic E-state index is 0.0543. The maximum atomic E-state index is 11.1. The van der Waals surface area contributed by atoms with Gasteiger partial charge in [0.15, 0.2) is 0 Å². The SMILES string of the molecule is CC(C)(C)c1cc(C(C)(C)c2cccc(C(C)(C)c3ccc(O)c(C(c4ccsc4)C(C)(C)C)c3)c2)ccc1O. The number of aromatic hydroxyl groups is 2. The number of phenolic OH excluding ortho intramolecular Hbond substituents is 2. The van der Waals surface area contributed by atoms with E-state index in [1.54, 1.807) is 11.3 Å². The van der Waals surface area contributed by atoms with E-state index in [4.69, 9.17) is 0 Å². The Morgan fingerprint density at radius 3 is 1.62 bits per heavy atom. The lowest BCUT2D eigenvalue weighted by Gasteiger charge is -2.34. The molecule has 2 N–H and O–H groups in total. The van der Waals surface area contributed by atoms with Gasteiger partial charge >= 0.3 is 0 Å². The molecule has 0 spiro atoms. The molecule has 2 nitrogen and oxygen atoms in total. The summed E-state index contributed by atoms with van der Waals surface area (Å²) in [6.45, 7) is 22.2. The minimum Gasteiger partial charge on any atom is -0.508 e. The second-order valence-electron chi connectivity index (χ2n) is 14.4. The minimum atomic E-state index is -0.281. The molecule has 40 heavy (non-hydrogen) atoms.